The van der Waals surface area contributed by atoms with Gasteiger partial charge in [-0.25, -0.2) is 18.1 Å². The van der Waals surface area contributed by atoms with E-state index in [0.717, 1.165) is 18.7 Å². The number of rotatable bonds is 6. The first kappa shape index (κ1) is 14.2. The van der Waals surface area contributed by atoms with Gasteiger partial charge in [0.2, 0.25) is 0 Å². The quantitative estimate of drug-likeness (QED) is 0.837. The first-order chi connectivity index (χ1) is 9.62. The van der Waals surface area contributed by atoms with Crippen molar-refractivity contribution in [2.45, 2.75) is 18.2 Å². The molecule has 0 atom stereocenters. The molecule has 0 saturated heterocycles. The SMILES string of the molecule is CCCNc1ccc(S(=O)(=O)Nc2nccnn2)cc1. The largest absolute Gasteiger partial charge is 0.385 e. The number of sulfonamides is 1. The fourth-order valence-electron chi connectivity index (χ4n) is 1.49. The van der Waals surface area contributed by atoms with E-state index < -0.39 is 10.0 Å². The van der Waals surface area contributed by atoms with E-state index in [0.29, 0.717) is 0 Å². The van der Waals surface area contributed by atoms with E-state index in [1.807, 2.05) is 0 Å². The summed E-state index contributed by atoms with van der Waals surface area (Å²) in [5.74, 6) is -0.0549. The molecule has 2 N–H and O–H groups in total. The van der Waals surface area contributed by atoms with Crippen LogP contribution in [0.15, 0.2) is 41.6 Å². The molecule has 106 valence electrons. The van der Waals surface area contributed by atoms with Gasteiger partial charge >= 0.3 is 0 Å². The van der Waals surface area contributed by atoms with Crippen LogP contribution in [-0.4, -0.2) is 30.1 Å². The molecule has 20 heavy (non-hydrogen) atoms. The second-order valence-corrected chi connectivity index (χ2v) is 5.71. The van der Waals surface area contributed by atoms with Crippen LogP contribution in [0.1, 0.15) is 13.3 Å². The first-order valence-corrected chi connectivity index (χ1v) is 7.60. The predicted molar refractivity (Wildman–Crippen MR) is 75.9 cm³/mol. The molecule has 2 aromatic rings. The minimum atomic E-state index is -3.69. The monoisotopic (exact) mass is 293 g/mol. The molecule has 0 aliphatic heterocycles. The molecule has 0 aliphatic rings. The summed E-state index contributed by atoms with van der Waals surface area (Å²) in [4.78, 5) is 3.92. The number of benzene rings is 1. The third-order valence-electron chi connectivity index (χ3n) is 2.45. The van der Waals surface area contributed by atoms with Gasteiger partial charge in [-0.3, -0.25) is 0 Å². The van der Waals surface area contributed by atoms with Crippen molar-refractivity contribution in [1.29, 1.82) is 0 Å². The van der Waals surface area contributed by atoms with Crippen LogP contribution in [0, 0.1) is 0 Å². The lowest BCUT2D eigenvalue weighted by atomic mass is 10.3. The van der Waals surface area contributed by atoms with E-state index in [-0.39, 0.29) is 10.8 Å². The molecule has 2 rings (SSSR count). The van der Waals surface area contributed by atoms with Crippen LogP contribution in [0.2, 0.25) is 0 Å². The fourth-order valence-corrected chi connectivity index (χ4v) is 2.44. The predicted octanol–water partition coefficient (Wildman–Crippen LogP) is 1.49. The van der Waals surface area contributed by atoms with Gasteiger partial charge in [-0.05, 0) is 30.7 Å². The number of nitrogens with one attached hydrogen (secondary N) is 2. The molecule has 0 spiro atoms. The summed E-state index contributed by atoms with van der Waals surface area (Å²) in [6.07, 6.45) is 3.73. The average Bonchev–Trinajstić information content (AvgIpc) is 2.46. The molecule has 0 saturated carbocycles. The molecule has 0 unspecified atom stereocenters. The molecular formula is C12H15N5O2S. The van der Waals surface area contributed by atoms with Crippen molar-refractivity contribution >= 4 is 21.7 Å². The second-order valence-electron chi connectivity index (χ2n) is 4.02. The maximum Gasteiger partial charge on any atom is 0.264 e. The van der Waals surface area contributed by atoms with Gasteiger partial charge in [-0.1, -0.05) is 6.92 Å². The summed E-state index contributed by atoms with van der Waals surface area (Å²) >= 11 is 0. The van der Waals surface area contributed by atoms with Gasteiger partial charge in [-0.15, -0.1) is 5.10 Å². The van der Waals surface area contributed by atoms with E-state index in [9.17, 15) is 8.42 Å². The number of nitrogens with zero attached hydrogens (tertiary/aromatic N) is 3. The second kappa shape index (κ2) is 6.29. The Bertz CT molecular complexity index is 643. The maximum absolute atomic E-state index is 12.1. The Morgan fingerprint density at radius 3 is 2.50 bits per heavy atom. The van der Waals surface area contributed by atoms with Gasteiger partial charge in [-0.2, -0.15) is 5.10 Å². The van der Waals surface area contributed by atoms with Gasteiger partial charge < -0.3 is 5.32 Å². The minimum Gasteiger partial charge on any atom is -0.385 e. The van der Waals surface area contributed by atoms with Crippen molar-refractivity contribution in [3.8, 4) is 0 Å². The Balaban J connectivity index is 2.13. The third-order valence-corrected chi connectivity index (χ3v) is 3.80. The summed E-state index contributed by atoms with van der Waals surface area (Å²) < 4.78 is 26.4. The Morgan fingerprint density at radius 2 is 1.90 bits per heavy atom. The van der Waals surface area contributed by atoms with E-state index in [4.69, 9.17) is 0 Å². The van der Waals surface area contributed by atoms with Gasteiger partial charge in [0, 0.05) is 12.2 Å². The molecule has 1 aromatic carbocycles. The van der Waals surface area contributed by atoms with Crippen LogP contribution >= 0.6 is 0 Å². The van der Waals surface area contributed by atoms with Crippen LogP contribution in [0.4, 0.5) is 11.6 Å². The number of anilines is 2. The summed E-state index contributed by atoms with van der Waals surface area (Å²) in [6.45, 7) is 2.90. The number of hydrogen-bond donors (Lipinski definition) is 2. The lowest BCUT2D eigenvalue weighted by Crippen LogP contribution is -2.15. The molecule has 0 amide bonds. The van der Waals surface area contributed by atoms with Gasteiger partial charge in [0.15, 0.2) is 0 Å². The van der Waals surface area contributed by atoms with E-state index in [2.05, 4.69) is 32.1 Å². The molecule has 1 heterocycles. The molecular weight excluding hydrogens is 278 g/mol. The summed E-state index contributed by atoms with van der Waals surface area (Å²) in [5.41, 5.74) is 0.878. The zero-order valence-electron chi connectivity index (χ0n) is 10.9. The van der Waals surface area contributed by atoms with E-state index in [1.165, 1.54) is 24.5 Å². The first-order valence-electron chi connectivity index (χ1n) is 6.12. The normalized spacial score (nSPS) is 11.1. The van der Waals surface area contributed by atoms with Crippen LogP contribution < -0.4 is 10.0 Å². The van der Waals surface area contributed by atoms with E-state index >= 15 is 0 Å². The zero-order chi connectivity index (χ0) is 14.4. The number of hydrogen-bond acceptors (Lipinski definition) is 6. The average molecular weight is 293 g/mol. The summed E-state index contributed by atoms with van der Waals surface area (Å²) in [6, 6.07) is 6.48. The molecule has 0 fully saturated rings. The zero-order valence-corrected chi connectivity index (χ0v) is 11.8. The minimum absolute atomic E-state index is 0.0549. The molecule has 0 bridgehead atoms. The Labute approximate surface area is 117 Å². The fraction of sp³-hybridized carbons (Fsp3) is 0.250. The highest BCUT2D eigenvalue weighted by atomic mass is 32.2. The van der Waals surface area contributed by atoms with Crippen molar-refractivity contribution in [3.63, 3.8) is 0 Å². The summed E-state index contributed by atoms with van der Waals surface area (Å²) in [5, 5.41) is 10.3. The van der Waals surface area contributed by atoms with Crippen LogP contribution in [0.5, 0.6) is 0 Å². The highest BCUT2D eigenvalue weighted by Gasteiger charge is 2.15. The van der Waals surface area contributed by atoms with Gasteiger partial charge in [0.05, 0.1) is 17.3 Å². The van der Waals surface area contributed by atoms with Crippen molar-refractivity contribution in [2.24, 2.45) is 0 Å². The third kappa shape index (κ3) is 3.64. The van der Waals surface area contributed by atoms with Crippen LogP contribution in [-0.2, 0) is 10.0 Å². The van der Waals surface area contributed by atoms with Crippen molar-refractivity contribution < 1.29 is 8.42 Å². The van der Waals surface area contributed by atoms with Crippen molar-refractivity contribution in [2.75, 3.05) is 16.6 Å². The van der Waals surface area contributed by atoms with Crippen LogP contribution in [0.3, 0.4) is 0 Å². The van der Waals surface area contributed by atoms with Gasteiger partial charge in [0.25, 0.3) is 16.0 Å². The maximum atomic E-state index is 12.1. The standard InChI is InChI=1S/C12H15N5O2S/c1-2-7-13-10-3-5-11(6-4-10)20(18,19)17-12-14-8-9-15-16-12/h3-6,8-9,13H,2,7H2,1H3,(H,14,16,17). The van der Waals surface area contributed by atoms with Crippen molar-refractivity contribution in [1.82, 2.24) is 15.2 Å². The smallest absolute Gasteiger partial charge is 0.264 e. The summed E-state index contributed by atoms with van der Waals surface area (Å²) in [7, 11) is -3.69. The molecule has 0 aliphatic carbocycles. The lowest BCUT2D eigenvalue weighted by Gasteiger charge is -2.08. The molecule has 0 radical (unpaired) electrons. The Hall–Kier alpha value is -2.22. The topological polar surface area (TPSA) is 96.9 Å². The Kier molecular flexibility index (Phi) is 4.46. The van der Waals surface area contributed by atoms with Crippen molar-refractivity contribution in [3.05, 3.63) is 36.7 Å². The Morgan fingerprint density at radius 1 is 1.15 bits per heavy atom. The highest BCUT2D eigenvalue weighted by Crippen LogP contribution is 2.16. The molecule has 7 nitrogen and oxygen atoms in total. The number of aromatic nitrogens is 3. The van der Waals surface area contributed by atoms with Crippen LogP contribution in [0.25, 0.3) is 0 Å². The van der Waals surface area contributed by atoms with Gasteiger partial charge in [0.1, 0.15) is 0 Å². The van der Waals surface area contributed by atoms with E-state index in [1.54, 1.807) is 12.1 Å². The highest BCUT2D eigenvalue weighted by molar-refractivity contribution is 7.92. The lowest BCUT2D eigenvalue weighted by molar-refractivity contribution is 0.600. The molecule has 8 heteroatoms. The molecule has 1 aromatic heterocycles.